The van der Waals surface area contributed by atoms with Crippen LogP contribution in [0.15, 0.2) is 91.4 Å². The van der Waals surface area contributed by atoms with Gasteiger partial charge in [-0.25, -0.2) is 9.97 Å². The first kappa shape index (κ1) is 23.4. The van der Waals surface area contributed by atoms with E-state index < -0.39 is 0 Å². The smallest absolute Gasteiger partial charge is 0.256 e. The number of nitrogens with zero attached hydrogens (tertiary/aromatic N) is 3. The van der Waals surface area contributed by atoms with Crippen LogP contribution in [0.3, 0.4) is 0 Å². The van der Waals surface area contributed by atoms with Gasteiger partial charge in [0, 0.05) is 39.8 Å². The van der Waals surface area contributed by atoms with E-state index in [-0.39, 0.29) is 11.8 Å². The molecular formula is C28H23N7O2. The number of fused-ring (bicyclic) bond motifs is 1. The van der Waals surface area contributed by atoms with E-state index in [1.807, 2.05) is 31.2 Å². The zero-order valence-corrected chi connectivity index (χ0v) is 19.9. The average Bonchev–Trinajstić information content (AvgIpc) is 2.90. The van der Waals surface area contributed by atoms with E-state index in [1.54, 1.807) is 54.7 Å². The highest BCUT2D eigenvalue weighted by Gasteiger charge is 2.13. The van der Waals surface area contributed by atoms with Crippen molar-refractivity contribution in [1.29, 1.82) is 0 Å². The summed E-state index contributed by atoms with van der Waals surface area (Å²) < 4.78 is 0. The monoisotopic (exact) mass is 489 g/mol. The van der Waals surface area contributed by atoms with Gasteiger partial charge in [-0.15, -0.1) is 0 Å². The molecule has 0 aliphatic heterocycles. The van der Waals surface area contributed by atoms with E-state index in [1.165, 1.54) is 12.4 Å². The summed E-state index contributed by atoms with van der Waals surface area (Å²) in [6.07, 6.45) is 4.73. The van der Waals surface area contributed by atoms with Crippen LogP contribution in [0, 0.1) is 6.92 Å². The van der Waals surface area contributed by atoms with E-state index in [0.29, 0.717) is 34.1 Å². The Hall–Kier alpha value is -5.31. The predicted octanol–water partition coefficient (Wildman–Crippen LogP) is 5.16. The van der Waals surface area contributed by atoms with Crippen molar-refractivity contribution in [3.63, 3.8) is 0 Å². The lowest BCUT2D eigenvalue weighted by molar-refractivity contribution is 0.101. The molecule has 0 aliphatic rings. The number of pyridine rings is 1. The second kappa shape index (κ2) is 10.1. The van der Waals surface area contributed by atoms with Crippen molar-refractivity contribution in [3.05, 3.63) is 108 Å². The molecular weight excluding hydrogens is 466 g/mol. The number of nitrogens with two attached hydrogens (primary N) is 1. The maximum Gasteiger partial charge on any atom is 0.256 e. The van der Waals surface area contributed by atoms with Crippen molar-refractivity contribution >= 4 is 51.4 Å². The highest BCUT2D eigenvalue weighted by atomic mass is 16.2. The van der Waals surface area contributed by atoms with Crippen LogP contribution in [0.1, 0.15) is 26.3 Å². The number of nitrogens with one attached hydrogen (secondary N) is 3. The summed E-state index contributed by atoms with van der Waals surface area (Å²) in [5.74, 6) is -0.253. The largest absolute Gasteiger partial charge is 0.399 e. The van der Waals surface area contributed by atoms with Gasteiger partial charge in [0.05, 0.1) is 23.6 Å². The molecule has 9 heteroatoms. The fourth-order valence-corrected chi connectivity index (χ4v) is 3.77. The minimum absolute atomic E-state index is 0.280. The van der Waals surface area contributed by atoms with Crippen LogP contribution in [0.5, 0.6) is 0 Å². The first-order valence-electron chi connectivity index (χ1n) is 11.5. The van der Waals surface area contributed by atoms with Gasteiger partial charge in [-0.1, -0.05) is 18.2 Å². The Morgan fingerprint density at radius 2 is 1.57 bits per heavy atom. The number of carbonyl (C=O) groups is 2. The third kappa shape index (κ3) is 5.51. The Bertz CT molecular complexity index is 1620. The van der Waals surface area contributed by atoms with Gasteiger partial charge < -0.3 is 21.7 Å². The Kier molecular flexibility index (Phi) is 6.41. The van der Waals surface area contributed by atoms with Gasteiger partial charge in [-0.2, -0.15) is 0 Å². The first-order chi connectivity index (χ1) is 17.9. The quantitative estimate of drug-likeness (QED) is 0.242. The molecule has 0 spiro atoms. The number of hydrogen-bond acceptors (Lipinski definition) is 7. The highest BCUT2D eigenvalue weighted by molar-refractivity contribution is 6.08. The number of anilines is 5. The van der Waals surface area contributed by atoms with Gasteiger partial charge in [0.25, 0.3) is 11.8 Å². The van der Waals surface area contributed by atoms with Crippen molar-refractivity contribution in [3.8, 4) is 0 Å². The normalized spacial score (nSPS) is 10.6. The van der Waals surface area contributed by atoms with Crippen molar-refractivity contribution in [2.24, 2.45) is 0 Å². The van der Waals surface area contributed by atoms with E-state index in [0.717, 1.165) is 22.2 Å². The van der Waals surface area contributed by atoms with Crippen molar-refractivity contribution in [2.75, 3.05) is 21.7 Å². The SMILES string of the molecule is Cc1ccc(NC(=O)c2ccc3ncccc3c2)cc1C(=O)Nc1cnc(Nc2cccc(N)c2)nc1. The van der Waals surface area contributed by atoms with Crippen LogP contribution in [0.25, 0.3) is 10.9 Å². The number of nitrogen functional groups attached to an aromatic ring is 1. The number of aromatic nitrogens is 3. The van der Waals surface area contributed by atoms with E-state index >= 15 is 0 Å². The minimum Gasteiger partial charge on any atom is -0.399 e. The van der Waals surface area contributed by atoms with Gasteiger partial charge >= 0.3 is 0 Å². The summed E-state index contributed by atoms with van der Waals surface area (Å²) in [6, 6.07) is 21.4. The molecule has 2 aromatic heterocycles. The van der Waals surface area contributed by atoms with E-state index in [2.05, 4.69) is 30.9 Å². The third-order valence-electron chi connectivity index (χ3n) is 5.66. The topological polar surface area (TPSA) is 135 Å². The predicted molar refractivity (Wildman–Crippen MR) is 145 cm³/mol. The minimum atomic E-state index is -0.342. The van der Waals surface area contributed by atoms with Crippen LogP contribution in [-0.2, 0) is 0 Å². The maximum absolute atomic E-state index is 13.0. The van der Waals surface area contributed by atoms with Crippen LogP contribution in [0.2, 0.25) is 0 Å². The number of benzene rings is 3. The lowest BCUT2D eigenvalue weighted by Gasteiger charge is -2.11. The fourth-order valence-electron chi connectivity index (χ4n) is 3.77. The maximum atomic E-state index is 13.0. The summed E-state index contributed by atoms with van der Waals surface area (Å²) in [7, 11) is 0. The van der Waals surface area contributed by atoms with Crippen molar-refractivity contribution < 1.29 is 9.59 Å². The second-order valence-electron chi connectivity index (χ2n) is 8.39. The molecule has 0 unspecified atom stereocenters. The molecule has 2 heterocycles. The molecule has 0 atom stereocenters. The van der Waals surface area contributed by atoms with Crippen molar-refractivity contribution in [1.82, 2.24) is 15.0 Å². The summed E-state index contributed by atoms with van der Waals surface area (Å²) in [4.78, 5) is 38.6. The number of hydrogen-bond donors (Lipinski definition) is 4. The lowest BCUT2D eigenvalue weighted by Crippen LogP contribution is -2.16. The zero-order chi connectivity index (χ0) is 25.8. The molecule has 0 bridgehead atoms. The number of amides is 2. The molecule has 5 rings (SSSR count). The molecule has 0 radical (unpaired) electrons. The second-order valence-corrected chi connectivity index (χ2v) is 8.39. The van der Waals surface area contributed by atoms with Gasteiger partial charge in [0.15, 0.2) is 0 Å². The summed E-state index contributed by atoms with van der Waals surface area (Å²) in [6.45, 7) is 1.83. The highest BCUT2D eigenvalue weighted by Crippen LogP contribution is 2.20. The first-order valence-corrected chi connectivity index (χ1v) is 11.5. The molecule has 37 heavy (non-hydrogen) atoms. The molecule has 0 saturated carbocycles. The number of aryl methyl sites for hydroxylation is 1. The molecule has 9 nitrogen and oxygen atoms in total. The third-order valence-corrected chi connectivity index (χ3v) is 5.66. The molecule has 3 aromatic carbocycles. The zero-order valence-electron chi connectivity index (χ0n) is 19.9. The molecule has 5 aromatic rings. The van der Waals surface area contributed by atoms with Gasteiger partial charge in [0.2, 0.25) is 5.95 Å². The molecule has 0 aliphatic carbocycles. The number of rotatable bonds is 6. The molecule has 0 fully saturated rings. The van der Waals surface area contributed by atoms with Crippen molar-refractivity contribution in [2.45, 2.75) is 6.92 Å². The average molecular weight is 490 g/mol. The van der Waals surface area contributed by atoms with E-state index in [9.17, 15) is 9.59 Å². The molecule has 2 amide bonds. The number of carbonyl (C=O) groups excluding carboxylic acids is 2. The van der Waals surface area contributed by atoms with Crippen LogP contribution in [0.4, 0.5) is 28.7 Å². The van der Waals surface area contributed by atoms with E-state index in [4.69, 9.17) is 5.73 Å². The van der Waals surface area contributed by atoms with Crippen LogP contribution < -0.4 is 21.7 Å². The molecule has 182 valence electrons. The van der Waals surface area contributed by atoms with Gasteiger partial charge in [-0.3, -0.25) is 14.6 Å². The summed E-state index contributed by atoms with van der Waals surface area (Å²) in [5.41, 5.74) is 10.6. The van der Waals surface area contributed by atoms with Crippen LogP contribution >= 0.6 is 0 Å². The summed E-state index contributed by atoms with van der Waals surface area (Å²) >= 11 is 0. The lowest BCUT2D eigenvalue weighted by atomic mass is 10.1. The molecule has 5 N–H and O–H groups in total. The standard InChI is InChI=1S/C28H23N7O2/c1-17-7-9-22(33-26(36)19-8-10-25-18(12-19)4-3-11-30-25)14-24(17)27(37)34-23-15-31-28(32-16-23)35-21-6-2-5-20(29)13-21/h2-16H,29H2,1H3,(H,33,36)(H,34,37)(H,31,32,35). The Morgan fingerprint density at radius 3 is 2.38 bits per heavy atom. The van der Waals surface area contributed by atoms with Gasteiger partial charge in [-0.05, 0) is 67.1 Å². The Labute approximate surface area is 212 Å². The summed E-state index contributed by atoms with van der Waals surface area (Å²) in [5, 5.41) is 9.59. The molecule has 0 saturated heterocycles. The fraction of sp³-hybridized carbons (Fsp3) is 0.0357. The van der Waals surface area contributed by atoms with Crippen LogP contribution in [-0.4, -0.2) is 26.8 Å². The van der Waals surface area contributed by atoms with Gasteiger partial charge in [0.1, 0.15) is 0 Å². The Balaban J connectivity index is 1.27. The Morgan fingerprint density at radius 1 is 0.757 bits per heavy atom.